The highest BCUT2D eigenvalue weighted by atomic mass is 16.3. The fourth-order valence-corrected chi connectivity index (χ4v) is 2.61. The first-order chi connectivity index (χ1) is 10.6. The number of aryl methyl sites for hydroxylation is 1. The van der Waals surface area contributed by atoms with E-state index in [0.29, 0.717) is 19.5 Å². The molecule has 2 rings (SSSR count). The molecular weight excluding hydrogens is 278 g/mol. The minimum absolute atomic E-state index is 0.151. The molecule has 0 saturated carbocycles. The number of carbonyl (C=O) groups is 1. The second-order valence-corrected chi connectivity index (χ2v) is 5.78. The molecule has 1 unspecified atom stereocenters. The van der Waals surface area contributed by atoms with Gasteiger partial charge in [-0.2, -0.15) is 0 Å². The molecule has 0 bridgehead atoms. The number of hydrogen-bond donors (Lipinski definition) is 4. The molecule has 5 nitrogen and oxygen atoms in total. The molecule has 5 heteroatoms. The van der Waals surface area contributed by atoms with Crippen LogP contribution in [0.5, 0.6) is 0 Å². The lowest BCUT2D eigenvalue weighted by molar-refractivity contribution is 0.234. The summed E-state index contributed by atoms with van der Waals surface area (Å²) in [6.07, 6.45) is 1.50. The second kappa shape index (κ2) is 7.84. The molecule has 0 fully saturated rings. The zero-order chi connectivity index (χ0) is 15.9. The van der Waals surface area contributed by atoms with Crippen LogP contribution in [0.3, 0.4) is 0 Å². The summed E-state index contributed by atoms with van der Waals surface area (Å²) in [6.45, 7) is 5.41. The Morgan fingerprint density at radius 3 is 2.86 bits per heavy atom. The number of rotatable bonds is 7. The van der Waals surface area contributed by atoms with E-state index in [0.717, 1.165) is 17.6 Å². The number of fused-ring (bicyclic) bond motifs is 1. The van der Waals surface area contributed by atoms with E-state index in [2.05, 4.69) is 34.7 Å². The van der Waals surface area contributed by atoms with Gasteiger partial charge in [-0.15, -0.1) is 0 Å². The molecule has 1 atom stereocenters. The number of hydrogen-bond acceptors (Lipinski definition) is 2. The maximum absolute atomic E-state index is 11.7. The van der Waals surface area contributed by atoms with E-state index in [1.54, 1.807) is 0 Å². The van der Waals surface area contributed by atoms with E-state index in [9.17, 15) is 4.79 Å². The van der Waals surface area contributed by atoms with Crippen LogP contribution in [-0.4, -0.2) is 35.8 Å². The van der Waals surface area contributed by atoms with Crippen LogP contribution >= 0.6 is 0 Å². The number of H-pyrrole nitrogens is 1. The topological polar surface area (TPSA) is 77.2 Å². The molecule has 0 aliphatic heterocycles. The summed E-state index contributed by atoms with van der Waals surface area (Å²) in [4.78, 5) is 15.1. The normalized spacial score (nSPS) is 12.3. The van der Waals surface area contributed by atoms with Crippen LogP contribution in [0.15, 0.2) is 24.3 Å². The van der Waals surface area contributed by atoms with Gasteiger partial charge in [0, 0.05) is 36.3 Å². The third-order valence-corrected chi connectivity index (χ3v) is 3.92. The number of benzene rings is 1. The van der Waals surface area contributed by atoms with Crippen molar-refractivity contribution in [1.29, 1.82) is 0 Å². The Kier molecular flexibility index (Phi) is 5.83. The number of aromatic amines is 1. The molecular formula is C17H25N3O2. The lowest BCUT2D eigenvalue weighted by atomic mass is 10.1. The number of carbonyl (C=O) groups excluding carboxylic acids is 1. The van der Waals surface area contributed by atoms with Crippen LogP contribution in [0.4, 0.5) is 4.79 Å². The van der Waals surface area contributed by atoms with E-state index in [-0.39, 0.29) is 18.6 Å². The van der Waals surface area contributed by atoms with Crippen molar-refractivity contribution in [2.45, 2.75) is 26.7 Å². The van der Waals surface area contributed by atoms with Crippen LogP contribution in [-0.2, 0) is 6.42 Å². The van der Waals surface area contributed by atoms with Crippen LogP contribution < -0.4 is 10.6 Å². The summed E-state index contributed by atoms with van der Waals surface area (Å²) < 4.78 is 0. The third-order valence-electron chi connectivity index (χ3n) is 3.92. The number of aliphatic hydroxyl groups is 1. The van der Waals surface area contributed by atoms with E-state index >= 15 is 0 Å². The van der Waals surface area contributed by atoms with Crippen molar-refractivity contribution >= 4 is 16.9 Å². The second-order valence-electron chi connectivity index (χ2n) is 5.78. The number of amides is 2. The molecule has 2 aromatic rings. The monoisotopic (exact) mass is 303 g/mol. The number of urea groups is 1. The standard InChI is InChI=1S/C17H25N3O2/c1-12(8-10-21)11-19-17(22)18-9-7-14-13(2)20-16-6-4-3-5-15(14)16/h3-6,12,20-21H,7-11H2,1-2H3,(H2,18,19,22). The van der Waals surface area contributed by atoms with Gasteiger partial charge in [-0.3, -0.25) is 0 Å². The first-order valence-electron chi connectivity index (χ1n) is 7.80. The first-order valence-corrected chi connectivity index (χ1v) is 7.80. The summed E-state index contributed by atoms with van der Waals surface area (Å²) in [6, 6.07) is 8.06. The molecule has 1 aromatic carbocycles. The molecule has 0 spiro atoms. The third kappa shape index (κ3) is 4.24. The van der Waals surface area contributed by atoms with Gasteiger partial charge in [-0.1, -0.05) is 25.1 Å². The van der Waals surface area contributed by atoms with Crippen LogP contribution in [0, 0.1) is 12.8 Å². The average molecular weight is 303 g/mol. The maximum atomic E-state index is 11.7. The van der Waals surface area contributed by atoms with Gasteiger partial charge in [0.1, 0.15) is 0 Å². The largest absolute Gasteiger partial charge is 0.396 e. The molecule has 1 aromatic heterocycles. The zero-order valence-corrected chi connectivity index (χ0v) is 13.3. The highest BCUT2D eigenvalue weighted by Crippen LogP contribution is 2.21. The molecule has 22 heavy (non-hydrogen) atoms. The molecule has 120 valence electrons. The molecule has 0 radical (unpaired) electrons. The molecule has 0 aliphatic rings. The predicted octanol–water partition coefficient (Wildman–Crippen LogP) is 2.34. The molecule has 0 aliphatic carbocycles. The van der Waals surface area contributed by atoms with Crippen molar-refractivity contribution in [3.8, 4) is 0 Å². The molecule has 2 amide bonds. The Morgan fingerprint density at radius 2 is 2.09 bits per heavy atom. The van der Waals surface area contributed by atoms with E-state index in [4.69, 9.17) is 5.11 Å². The molecule has 0 saturated heterocycles. The summed E-state index contributed by atoms with van der Waals surface area (Å²) >= 11 is 0. The lowest BCUT2D eigenvalue weighted by Crippen LogP contribution is -2.38. The summed E-state index contributed by atoms with van der Waals surface area (Å²) in [5.74, 6) is 0.284. The Morgan fingerprint density at radius 1 is 1.32 bits per heavy atom. The number of aromatic nitrogens is 1. The number of nitrogens with one attached hydrogen (secondary N) is 3. The smallest absolute Gasteiger partial charge is 0.314 e. The van der Waals surface area contributed by atoms with Gasteiger partial charge in [0.25, 0.3) is 0 Å². The number of para-hydroxylation sites is 1. The average Bonchev–Trinajstić information content (AvgIpc) is 2.82. The van der Waals surface area contributed by atoms with E-state index in [1.165, 1.54) is 10.9 Å². The van der Waals surface area contributed by atoms with E-state index < -0.39 is 0 Å². The lowest BCUT2D eigenvalue weighted by Gasteiger charge is -2.12. The molecule has 4 N–H and O–H groups in total. The van der Waals surface area contributed by atoms with Crippen molar-refractivity contribution in [3.05, 3.63) is 35.5 Å². The minimum Gasteiger partial charge on any atom is -0.396 e. The van der Waals surface area contributed by atoms with Gasteiger partial charge in [0.2, 0.25) is 0 Å². The van der Waals surface area contributed by atoms with Gasteiger partial charge in [-0.25, -0.2) is 4.79 Å². The van der Waals surface area contributed by atoms with Gasteiger partial charge < -0.3 is 20.7 Å². The van der Waals surface area contributed by atoms with Crippen molar-refractivity contribution in [2.75, 3.05) is 19.7 Å². The first kappa shape index (κ1) is 16.4. The van der Waals surface area contributed by atoms with Gasteiger partial charge in [0.15, 0.2) is 0 Å². The summed E-state index contributed by atoms with van der Waals surface area (Å²) in [5, 5.41) is 15.8. The van der Waals surface area contributed by atoms with Crippen LogP contribution in [0.1, 0.15) is 24.6 Å². The van der Waals surface area contributed by atoms with Crippen molar-refractivity contribution in [2.24, 2.45) is 5.92 Å². The van der Waals surface area contributed by atoms with E-state index in [1.807, 2.05) is 19.1 Å². The summed E-state index contributed by atoms with van der Waals surface area (Å²) in [5.41, 5.74) is 3.54. The van der Waals surface area contributed by atoms with Crippen LogP contribution in [0.2, 0.25) is 0 Å². The highest BCUT2D eigenvalue weighted by Gasteiger charge is 2.09. The SMILES string of the molecule is Cc1[nH]c2ccccc2c1CCNC(=O)NCC(C)CCO. The quantitative estimate of drug-likeness (QED) is 0.633. The van der Waals surface area contributed by atoms with Crippen molar-refractivity contribution < 1.29 is 9.90 Å². The van der Waals surface area contributed by atoms with Gasteiger partial charge in [-0.05, 0) is 37.3 Å². The van der Waals surface area contributed by atoms with Crippen molar-refractivity contribution in [3.63, 3.8) is 0 Å². The van der Waals surface area contributed by atoms with Gasteiger partial charge >= 0.3 is 6.03 Å². The van der Waals surface area contributed by atoms with Gasteiger partial charge in [0.05, 0.1) is 0 Å². The Labute approximate surface area is 131 Å². The Bertz CT molecular complexity index is 621. The van der Waals surface area contributed by atoms with Crippen LogP contribution in [0.25, 0.3) is 10.9 Å². The zero-order valence-electron chi connectivity index (χ0n) is 13.3. The maximum Gasteiger partial charge on any atom is 0.314 e. The fourth-order valence-electron chi connectivity index (χ4n) is 2.61. The predicted molar refractivity (Wildman–Crippen MR) is 89.0 cm³/mol. The van der Waals surface area contributed by atoms with Crippen molar-refractivity contribution in [1.82, 2.24) is 15.6 Å². The summed E-state index contributed by atoms with van der Waals surface area (Å²) in [7, 11) is 0. The highest BCUT2D eigenvalue weighted by molar-refractivity contribution is 5.84. The Hall–Kier alpha value is -2.01. The fraction of sp³-hybridized carbons (Fsp3) is 0.471. The minimum atomic E-state index is -0.151. The number of aliphatic hydroxyl groups excluding tert-OH is 1. The molecule has 1 heterocycles. The Balaban J connectivity index is 1.80.